The third-order valence-corrected chi connectivity index (χ3v) is 5.01. The highest BCUT2D eigenvalue weighted by Crippen LogP contribution is 2.31. The maximum atomic E-state index is 12.9. The molecule has 3 aromatic rings. The third-order valence-electron chi connectivity index (χ3n) is 5.01. The van der Waals surface area contributed by atoms with Crippen molar-refractivity contribution < 1.29 is 13.2 Å². The molecule has 0 atom stereocenters. The number of alkyl halides is 3. The minimum Gasteiger partial charge on any atom is -0.369 e. The van der Waals surface area contributed by atoms with E-state index in [2.05, 4.69) is 10.00 Å². The Kier molecular flexibility index (Phi) is 4.80. The van der Waals surface area contributed by atoms with E-state index in [-0.39, 0.29) is 5.43 Å². The molecule has 0 spiro atoms. The van der Waals surface area contributed by atoms with Gasteiger partial charge in [0.25, 0.3) is 0 Å². The Labute approximate surface area is 159 Å². The van der Waals surface area contributed by atoms with Crippen molar-refractivity contribution in [3.63, 3.8) is 0 Å². The summed E-state index contributed by atoms with van der Waals surface area (Å²) in [5.74, 6) is 0. The Morgan fingerprint density at radius 3 is 2.46 bits per heavy atom. The van der Waals surface area contributed by atoms with Gasteiger partial charge in [0, 0.05) is 37.3 Å². The molecular weight excluding hydrogens is 369 g/mol. The van der Waals surface area contributed by atoms with E-state index >= 15 is 0 Å². The van der Waals surface area contributed by atoms with Crippen LogP contribution in [0, 0.1) is 0 Å². The minimum absolute atomic E-state index is 0.110. The quantitative estimate of drug-likeness (QED) is 0.691. The van der Waals surface area contributed by atoms with Crippen molar-refractivity contribution in [1.82, 2.24) is 14.7 Å². The van der Waals surface area contributed by atoms with Crippen LogP contribution in [0.1, 0.15) is 5.56 Å². The highest BCUT2D eigenvalue weighted by molar-refractivity contribution is 5.77. The second kappa shape index (κ2) is 7.27. The van der Waals surface area contributed by atoms with E-state index in [0.717, 1.165) is 11.6 Å². The Hall–Kier alpha value is -2.87. The molecule has 1 aliphatic rings. The summed E-state index contributed by atoms with van der Waals surface area (Å²) in [6.45, 7) is 3.16. The number of para-hydroxylation sites is 1. The van der Waals surface area contributed by atoms with Crippen LogP contribution in [0.25, 0.3) is 10.9 Å². The first-order valence-corrected chi connectivity index (χ1v) is 9.01. The number of nitrogens with zero attached hydrogens (tertiary/aromatic N) is 4. The normalized spacial score (nSPS) is 15.9. The SMILES string of the molecule is O=c1cnn(CN2CCN(c3cccc(C(F)(F)F)c3)CC2)c2ccccc12. The molecule has 0 bridgehead atoms. The number of piperazine rings is 1. The van der Waals surface area contributed by atoms with Crippen molar-refractivity contribution >= 4 is 16.6 Å². The summed E-state index contributed by atoms with van der Waals surface area (Å²) in [6.07, 6.45) is -3.02. The summed E-state index contributed by atoms with van der Waals surface area (Å²) in [7, 11) is 0. The number of halogens is 3. The van der Waals surface area contributed by atoms with E-state index in [4.69, 9.17) is 0 Å². The molecule has 0 radical (unpaired) electrons. The summed E-state index contributed by atoms with van der Waals surface area (Å²) in [5.41, 5.74) is 0.620. The fourth-order valence-corrected chi connectivity index (χ4v) is 3.49. The predicted molar refractivity (Wildman–Crippen MR) is 101 cm³/mol. The lowest BCUT2D eigenvalue weighted by Crippen LogP contribution is -2.47. The van der Waals surface area contributed by atoms with Crippen LogP contribution in [0.3, 0.4) is 0 Å². The van der Waals surface area contributed by atoms with E-state index in [1.165, 1.54) is 18.3 Å². The van der Waals surface area contributed by atoms with Crippen LogP contribution in [-0.4, -0.2) is 40.9 Å². The highest BCUT2D eigenvalue weighted by Gasteiger charge is 2.31. The zero-order valence-electron chi connectivity index (χ0n) is 15.1. The number of aromatic nitrogens is 2. The fraction of sp³-hybridized carbons (Fsp3) is 0.300. The van der Waals surface area contributed by atoms with Gasteiger partial charge >= 0.3 is 6.18 Å². The summed E-state index contributed by atoms with van der Waals surface area (Å²) < 4.78 is 40.6. The molecule has 2 aromatic carbocycles. The summed E-state index contributed by atoms with van der Waals surface area (Å²) >= 11 is 0. The zero-order valence-corrected chi connectivity index (χ0v) is 15.1. The van der Waals surface area contributed by atoms with Crippen molar-refractivity contribution in [1.29, 1.82) is 0 Å². The first kappa shape index (κ1) is 18.5. The van der Waals surface area contributed by atoms with Crippen LogP contribution >= 0.6 is 0 Å². The highest BCUT2D eigenvalue weighted by atomic mass is 19.4. The molecule has 0 N–H and O–H groups in total. The van der Waals surface area contributed by atoms with Crippen LogP contribution in [-0.2, 0) is 12.8 Å². The molecule has 0 aliphatic carbocycles. The van der Waals surface area contributed by atoms with Crippen molar-refractivity contribution in [2.45, 2.75) is 12.8 Å². The largest absolute Gasteiger partial charge is 0.416 e. The maximum Gasteiger partial charge on any atom is 0.416 e. The molecule has 0 amide bonds. The molecule has 1 aliphatic heterocycles. The number of hydrogen-bond donors (Lipinski definition) is 0. The Bertz CT molecular complexity index is 1040. The lowest BCUT2D eigenvalue weighted by atomic mass is 10.1. The lowest BCUT2D eigenvalue weighted by molar-refractivity contribution is -0.137. The number of fused-ring (bicyclic) bond motifs is 1. The van der Waals surface area contributed by atoms with Gasteiger partial charge < -0.3 is 4.90 Å². The molecular formula is C20H19F3N4O. The number of anilines is 1. The molecule has 28 heavy (non-hydrogen) atoms. The standard InChI is InChI=1S/C20H19F3N4O/c21-20(22,23)15-4-3-5-16(12-15)26-10-8-25(9-11-26)14-27-18-7-2-1-6-17(18)19(28)13-24-27/h1-7,12-13H,8-11,14H2. The first-order chi connectivity index (χ1) is 13.4. The molecule has 5 nitrogen and oxygen atoms in total. The van der Waals surface area contributed by atoms with Gasteiger partial charge in [-0.2, -0.15) is 18.3 Å². The van der Waals surface area contributed by atoms with Crippen molar-refractivity contribution in [2.24, 2.45) is 0 Å². The monoisotopic (exact) mass is 388 g/mol. The predicted octanol–water partition coefficient (Wildman–Crippen LogP) is 3.20. The average Bonchev–Trinajstić information content (AvgIpc) is 2.70. The second-order valence-electron chi connectivity index (χ2n) is 6.82. The summed E-state index contributed by atoms with van der Waals surface area (Å²) in [6, 6.07) is 12.8. The van der Waals surface area contributed by atoms with Crippen LogP contribution in [0.15, 0.2) is 59.5 Å². The van der Waals surface area contributed by atoms with Crippen molar-refractivity contribution in [3.8, 4) is 0 Å². The molecule has 1 saturated heterocycles. The van der Waals surface area contributed by atoms with Gasteiger partial charge in [0.2, 0.25) is 5.43 Å². The lowest BCUT2D eigenvalue weighted by Gasteiger charge is -2.36. The van der Waals surface area contributed by atoms with Gasteiger partial charge in [0.15, 0.2) is 0 Å². The van der Waals surface area contributed by atoms with Crippen molar-refractivity contribution in [3.05, 3.63) is 70.5 Å². The molecule has 1 fully saturated rings. The Morgan fingerprint density at radius 2 is 1.71 bits per heavy atom. The van der Waals surface area contributed by atoms with E-state index in [1.807, 2.05) is 23.1 Å². The fourth-order valence-electron chi connectivity index (χ4n) is 3.49. The maximum absolute atomic E-state index is 12.9. The molecule has 0 saturated carbocycles. The van der Waals surface area contributed by atoms with Gasteiger partial charge in [0.05, 0.1) is 23.9 Å². The van der Waals surface area contributed by atoms with Gasteiger partial charge in [-0.05, 0) is 30.3 Å². The third kappa shape index (κ3) is 3.73. The summed E-state index contributed by atoms with van der Waals surface area (Å²) in [5, 5.41) is 4.87. The Morgan fingerprint density at radius 1 is 0.964 bits per heavy atom. The van der Waals surface area contributed by atoms with Crippen molar-refractivity contribution in [2.75, 3.05) is 31.1 Å². The topological polar surface area (TPSA) is 41.4 Å². The van der Waals surface area contributed by atoms with Crippen LogP contribution in [0.4, 0.5) is 18.9 Å². The zero-order chi connectivity index (χ0) is 19.7. The summed E-state index contributed by atoms with van der Waals surface area (Å²) in [4.78, 5) is 16.1. The van der Waals surface area contributed by atoms with Gasteiger partial charge in [0.1, 0.15) is 0 Å². The minimum atomic E-state index is -4.34. The molecule has 4 rings (SSSR count). The van der Waals surface area contributed by atoms with E-state index < -0.39 is 11.7 Å². The first-order valence-electron chi connectivity index (χ1n) is 9.01. The molecule has 1 aromatic heterocycles. The van der Waals surface area contributed by atoms with Crippen LogP contribution in [0.2, 0.25) is 0 Å². The molecule has 8 heteroatoms. The smallest absolute Gasteiger partial charge is 0.369 e. The van der Waals surface area contributed by atoms with E-state index in [1.54, 1.807) is 16.8 Å². The number of rotatable bonds is 3. The van der Waals surface area contributed by atoms with E-state index in [9.17, 15) is 18.0 Å². The number of hydrogen-bond acceptors (Lipinski definition) is 4. The average molecular weight is 388 g/mol. The van der Waals surface area contributed by atoms with Gasteiger partial charge in [-0.3, -0.25) is 14.4 Å². The second-order valence-corrected chi connectivity index (χ2v) is 6.82. The van der Waals surface area contributed by atoms with E-state index in [0.29, 0.717) is 43.9 Å². The molecule has 0 unspecified atom stereocenters. The molecule has 146 valence electrons. The van der Waals surface area contributed by atoms with Gasteiger partial charge in [-0.15, -0.1) is 0 Å². The molecule has 2 heterocycles. The van der Waals surface area contributed by atoms with Crippen LogP contribution < -0.4 is 10.3 Å². The Balaban J connectivity index is 1.46. The van der Waals surface area contributed by atoms with Gasteiger partial charge in [-0.1, -0.05) is 18.2 Å². The van der Waals surface area contributed by atoms with Gasteiger partial charge in [-0.25, -0.2) is 0 Å². The number of benzene rings is 2. The van der Waals surface area contributed by atoms with Crippen LogP contribution in [0.5, 0.6) is 0 Å².